The number of piperidine rings is 1. The van der Waals surface area contributed by atoms with Crippen molar-refractivity contribution < 1.29 is 4.79 Å². The summed E-state index contributed by atoms with van der Waals surface area (Å²) in [5.74, 6) is 2.07. The van der Waals surface area contributed by atoms with Crippen LogP contribution in [-0.4, -0.2) is 38.3 Å². The fraction of sp³-hybridized carbons (Fsp3) is 0.250. The molecule has 1 fully saturated rings. The van der Waals surface area contributed by atoms with Crippen LogP contribution in [0, 0.1) is 6.92 Å². The van der Waals surface area contributed by atoms with E-state index in [1.54, 1.807) is 24.5 Å². The van der Waals surface area contributed by atoms with E-state index >= 15 is 0 Å². The molecule has 1 aliphatic heterocycles. The Bertz CT molecular complexity index is 1270. The molecule has 1 saturated heterocycles. The van der Waals surface area contributed by atoms with Gasteiger partial charge in [0.2, 0.25) is 0 Å². The number of nitrogens with two attached hydrogens (primary N) is 1. The van der Waals surface area contributed by atoms with Gasteiger partial charge in [0.15, 0.2) is 0 Å². The van der Waals surface area contributed by atoms with Gasteiger partial charge in [0.25, 0.3) is 5.91 Å². The van der Waals surface area contributed by atoms with Crippen LogP contribution in [0.5, 0.6) is 0 Å². The van der Waals surface area contributed by atoms with Gasteiger partial charge in [-0.25, -0.2) is 15.0 Å². The molecule has 1 atom stereocenters. The molecule has 0 spiro atoms. The van der Waals surface area contributed by atoms with Crippen molar-refractivity contribution in [2.45, 2.75) is 25.7 Å². The molecule has 0 radical (unpaired) electrons. The van der Waals surface area contributed by atoms with Crippen molar-refractivity contribution in [1.82, 2.24) is 24.7 Å². The van der Waals surface area contributed by atoms with Crippen molar-refractivity contribution >= 4 is 23.1 Å². The van der Waals surface area contributed by atoms with Crippen LogP contribution < -0.4 is 16.4 Å². The number of anilines is 2. The fourth-order valence-corrected chi connectivity index (χ4v) is 4.22. The maximum Gasteiger partial charge on any atom is 0.256 e. The molecule has 0 bridgehead atoms. The molecule has 4 N–H and O–H groups in total. The van der Waals surface area contributed by atoms with Gasteiger partial charge < -0.3 is 16.4 Å². The molecular formula is C24H25N7O. The third-order valence-electron chi connectivity index (χ3n) is 5.85. The minimum atomic E-state index is -0.209. The van der Waals surface area contributed by atoms with Crippen molar-refractivity contribution in [3.8, 4) is 11.3 Å². The number of amides is 1. The number of hydrogen-bond acceptors (Lipinski definition) is 6. The Kier molecular flexibility index (Phi) is 5.28. The molecule has 4 heterocycles. The molecule has 1 aromatic carbocycles. The smallest absolute Gasteiger partial charge is 0.256 e. The van der Waals surface area contributed by atoms with Gasteiger partial charge in [0.1, 0.15) is 28.7 Å². The maximum absolute atomic E-state index is 12.6. The van der Waals surface area contributed by atoms with E-state index in [2.05, 4.69) is 25.0 Å². The Hall–Kier alpha value is -3.78. The summed E-state index contributed by atoms with van der Waals surface area (Å²) in [6, 6.07) is 11.1. The number of carbonyl (C=O) groups is 1. The van der Waals surface area contributed by atoms with E-state index in [-0.39, 0.29) is 5.91 Å². The lowest BCUT2D eigenvalue weighted by atomic mass is 9.99. The first kappa shape index (κ1) is 20.1. The van der Waals surface area contributed by atoms with E-state index in [1.807, 2.05) is 37.4 Å². The lowest BCUT2D eigenvalue weighted by Gasteiger charge is -2.21. The molecule has 0 aliphatic carbocycles. The van der Waals surface area contributed by atoms with Crippen molar-refractivity contribution in [2.75, 3.05) is 24.1 Å². The summed E-state index contributed by atoms with van der Waals surface area (Å²) in [5.41, 5.74) is 10.3. The Balaban J connectivity index is 1.47. The zero-order chi connectivity index (χ0) is 22.1. The van der Waals surface area contributed by atoms with Crippen LogP contribution in [0.3, 0.4) is 0 Å². The molecule has 4 aromatic rings. The van der Waals surface area contributed by atoms with Crippen LogP contribution in [-0.2, 0) is 0 Å². The van der Waals surface area contributed by atoms with E-state index < -0.39 is 0 Å². The van der Waals surface area contributed by atoms with Crippen LogP contribution in [0.15, 0.2) is 55.0 Å². The summed E-state index contributed by atoms with van der Waals surface area (Å²) in [4.78, 5) is 26.1. The molecule has 5 rings (SSSR count). The summed E-state index contributed by atoms with van der Waals surface area (Å²) in [6.07, 6.45) is 7.51. The van der Waals surface area contributed by atoms with E-state index in [1.165, 1.54) is 0 Å². The van der Waals surface area contributed by atoms with Crippen molar-refractivity contribution in [1.29, 1.82) is 0 Å². The molecule has 8 heteroatoms. The van der Waals surface area contributed by atoms with Gasteiger partial charge in [-0.15, -0.1) is 0 Å². The molecule has 0 saturated carbocycles. The second kappa shape index (κ2) is 8.39. The van der Waals surface area contributed by atoms with Crippen LogP contribution in [0.25, 0.3) is 16.8 Å². The third kappa shape index (κ3) is 3.80. The molecule has 1 aliphatic rings. The molecule has 1 unspecified atom stereocenters. The van der Waals surface area contributed by atoms with Crippen molar-refractivity contribution in [2.24, 2.45) is 0 Å². The number of benzene rings is 1. The van der Waals surface area contributed by atoms with E-state index in [0.29, 0.717) is 23.1 Å². The Labute approximate surface area is 185 Å². The van der Waals surface area contributed by atoms with Gasteiger partial charge in [0.05, 0.1) is 0 Å². The average molecular weight is 428 g/mol. The monoisotopic (exact) mass is 427 g/mol. The minimum Gasteiger partial charge on any atom is -0.382 e. The number of nitrogens with one attached hydrogen (secondary N) is 2. The van der Waals surface area contributed by atoms with Gasteiger partial charge in [-0.3, -0.25) is 9.20 Å². The van der Waals surface area contributed by atoms with Gasteiger partial charge >= 0.3 is 0 Å². The molecule has 8 nitrogen and oxygen atoms in total. The van der Waals surface area contributed by atoms with Crippen molar-refractivity contribution in [3.05, 3.63) is 71.9 Å². The zero-order valence-corrected chi connectivity index (χ0v) is 17.9. The third-order valence-corrected chi connectivity index (χ3v) is 5.85. The number of carbonyl (C=O) groups excluding carboxylic acids is 1. The van der Waals surface area contributed by atoms with Gasteiger partial charge in [0, 0.05) is 42.2 Å². The van der Waals surface area contributed by atoms with E-state index in [4.69, 9.17) is 10.7 Å². The highest BCUT2D eigenvalue weighted by Crippen LogP contribution is 2.32. The highest BCUT2D eigenvalue weighted by molar-refractivity contribution is 6.04. The number of hydrogen-bond donors (Lipinski definition) is 3. The topological polar surface area (TPSA) is 110 Å². The molecule has 1 amide bonds. The summed E-state index contributed by atoms with van der Waals surface area (Å²) in [5, 5.41) is 6.29. The zero-order valence-electron chi connectivity index (χ0n) is 17.9. The van der Waals surface area contributed by atoms with E-state index in [0.717, 1.165) is 54.1 Å². The predicted molar refractivity (Wildman–Crippen MR) is 125 cm³/mol. The Morgan fingerprint density at radius 2 is 2.03 bits per heavy atom. The highest BCUT2D eigenvalue weighted by Gasteiger charge is 2.24. The number of aromatic nitrogens is 4. The van der Waals surface area contributed by atoms with Crippen LogP contribution in [0.2, 0.25) is 0 Å². The molecule has 162 valence electrons. The number of nitrogens with zero attached hydrogens (tertiary/aromatic N) is 4. The average Bonchev–Trinajstić information content (AvgIpc) is 3.21. The number of imidazole rings is 1. The fourth-order valence-electron chi connectivity index (χ4n) is 4.22. The number of nitrogen functional groups attached to an aromatic ring is 1. The second-order valence-corrected chi connectivity index (χ2v) is 8.14. The number of pyridine rings is 1. The first-order valence-corrected chi connectivity index (χ1v) is 10.8. The van der Waals surface area contributed by atoms with Crippen LogP contribution in [0.4, 0.5) is 11.6 Å². The number of aryl methyl sites for hydroxylation is 1. The molecule has 3 aromatic heterocycles. The van der Waals surface area contributed by atoms with Crippen LogP contribution >= 0.6 is 0 Å². The lowest BCUT2D eigenvalue weighted by molar-refractivity contribution is 0.102. The lowest BCUT2D eigenvalue weighted by Crippen LogP contribution is -2.29. The molecule has 32 heavy (non-hydrogen) atoms. The van der Waals surface area contributed by atoms with Crippen molar-refractivity contribution in [3.63, 3.8) is 0 Å². The summed E-state index contributed by atoms with van der Waals surface area (Å²) in [7, 11) is 0. The SMILES string of the molecule is Cc1ccnc(NC(=O)c2ccc(-c3nc(C4CCCNC4)n4ccnc(N)c34)cc2)c1. The Morgan fingerprint density at radius 1 is 1.19 bits per heavy atom. The van der Waals surface area contributed by atoms with Gasteiger partial charge in [-0.05, 0) is 56.1 Å². The van der Waals surface area contributed by atoms with Crippen LogP contribution in [0.1, 0.15) is 40.5 Å². The van der Waals surface area contributed by atoms with E-state index in [9.17, 15) is 4.79 Å². The molecular weight excluding hydrogens is 402 g/mol. The number of rotatable bonds is 4. The maximum atomic E-state index is 12.6. The first-order valence-electron chi connectivity index (χ1n) is 10.8. The van der Waals surface area contributed by atoms with Gasteiger partial charge in [-0.1, -0.05) is 12.1 Å². The van der Waals surface area contributed by atoms with Gasteiger partial charge in [-0.2, -0.15) is 0 Å². The summed E-state index contributed by atoms with van der Waals surface area (Å²) < 4.78 is 2.05. The summed E-state index contributed by atoms with van der Waals surface area (Å²) >= 11 is 0. The number of fused-ring (bicyclic) bond motifs is 1. The second-order valence-electron chi connectivity index (χ2n) is 8.14. The predicted octanol–water partition coefficient (Wildman–Crippen LogP) is 3.40. The highest BCUT2D eigenvalue weighted by atomic mass is 16.1. The quantitative estimate of drug-likeness (QED) is 0.460. The summed E-state index contributed by atoms with van der Waals surface area (Å²) in [6.45, 7) is 3.89. The Morgan fingerprint density at radius 3 is 2.78 bits per heavy atom. The largest absolute Gasteiger partial charge is 0.382 e. The first-order chi connectivity index (χ1) is 15.6. The minimum absolute atomic E-state index is 0.209. The standard InChI is InChI=1S/C24H25N7O/c1-15-8-10-27-19(13-15)29-24(32)17-6-4-16(5-7-17)20-21-22(25)28-11-12-31(21)23(30-20)18-3-2-9-26-14-18/h4-8,10-13,18,26H,2-3,9,14H2,1H3,(H2,25,28)(H,27,29,32). The normalized spacial score (nSPS) is 16.2.